The van der Waals surface area contributed by atoms with Crippen LogP contribution in [0.15, 0.2) is 30.3 Å². The predicted molar refractivity (Wildman–Crippen MR) is 95.9 cm³/mol. The van der Waals surface area contributed by atoms with E-state index in [1.807, 2.05) is 0 Å². The molecule has 0 saturated heterocycles. The number of benzene rings is 1. The standard InChI is InChI=1S/C20H28N4/c1-20(2,21-14-16-8-9-16)19-23-22-18(17-10-11-17)24(19)13-12-15-6-4-3-5-7-15/h3-7,16-17,21H,8-14H2,1-2H3. The molecular weight excluding hydrogens is 296 g/mol. The van der Waals surface area contributed by atoms with E-state index in [1.54, 1.807) is 0 Å². The number of nitrogens with zero attached hydrogens (tertiary/aromatic N) is 3. The van der Waals surface area contributed by atoms with Gasteiger partial charge in [-0.2, -0.15) is 0 Å². The molecule has 1 heterocycles. The highest BCUT2D eigenvalue weighted by molar-refractivity contribution is 5.17. The van der Waals surface area contributed by atoms with Gasteiger partial charge in [-0.15, -0.1) is 10.2 Å². The molecule has 1 aromatic heterocycles. The van der Waals surface area contributed by atoms with Gasteiger partial charge in [0.15, 0.2) is 5.82 Å². The zero-order valence-corrected chi connectivity index (χ0v) is 14.8. The van der Waals surface area contributed by atoms with E-state index in [0.29, 0.717) is 5.92 Å². The molecule has 0 amide bonds. The lowest BCUT2D eigenvalue weighted by Crippen LogP contribution is -2.40. The molecule has 2 saturated carbocycles. The van der Waals surface area contributed by atoms with Gasteiger partial charge in [-0.1, -0.05) is 30.3 Å². The van der Waals surface area contributed by atoms with Crippen molar-refractivity contribution in [3.8, 4) is 0 Å². The first kappa shape index (κ1) is 15.8. The van der Waals surface area contributed by atoms with Gasteiger partial charge < -0.3 is 9.88 Å². The van der Waals surface area contributed by atoms with Crippen molar-refractivity contribution in [2.75, 3.05) is 6.54 Å². The lowest BCUT2D eigenvalue weighted by Gasteiger charge is -2.26. The Kier molecular flexibility index (Phi) is 4.17. The molecule has 0 aliphatic heterocycles. The third-order valence-electron chi connectivity index (χ3n) is 5.28. The van der Waals surface area contributed by atoms with E-state index in [9.17, 15) is 0 Å². The van der Waals surface area contributed by atoms with Crippen LogP contribution >= 0.6 is 0 Å². The van der Waals surface area contributed by atoms with E-state index in [0.717, 1.165) is 31.3 Å². The van der Waals surface area contributed by atoms with Crippen LogP contribution in [0.25, 0.3) is 0 Å². The largest absolute Gasteiger partial charge is 0.313 e. The third-order valence-corrected chi connectivity index (χ3v) is 5.28. The summed E-state index contributed by atoms with van der Waals surface area (Å²) in [5.74, 6) is 3.79. The maximum Gasteiger partial charge on any atom is 0.152 e. The van der Waals surface area contributed by atoms with Gasteiger partial charge in [0, 0.05) is 12.5 Å². The van der Waals surface area contributed by atoms with Crippen molar-refractivity contribution in [3.63, 3.8) is 0 Å². The van der Waals surface area contributed by atoms with Gasteiger partial charge in [-0.3, -0.25) is 0 Å². The van der Waals surface area contributed by atoms with Crippen molar-refractivity contribution < 1.29 is 0 Å². The van der Waals surface area contributed by atoms with Crippen LogP contribution in [0.2, 0.25) is 0 Å². The van der Waals surface area contributed by atoms with Crippen LogP contribution in [0.1, 0.15) is 62.7 Å². The van der Waals surface area contributed by atoms with Gasteiger partial charge in [-0.05, 0) is 64.0 Å². The number of rotatable bonds is 8. The molecule has 1 aromatic carbocycles. The summed E-state index contributed by atoms with van der Waals surface area (Å²) < 4.78 is 2.39. The van der Waals surface area contributed by atoms with Crippen molar-refractivity contribution in [3.05, 3.63) is 47.5 Å². The molecule has 2 fully saturated rings. The fraction of sp³-hybridized carbons (Fsp3) is 0.600. The van der Waals surface area contributed by atoms with Gasteiger partial charge in [-0.25, -0.2) is 0 Å². The first-order valence-corrected chi connectivity index (χ1v) is 9.36. The van der Waals surface area contributed by atoms with E-state index in [-0.39, 0.29) is 5.54 Å². The highest BCUT2D eigenvalue weighted by atomic mass is 15.3. The smallest absolute Gasteiger partial charge is 0.152 e. The molecule has 2 aliphatic carbocycles. The van der Waals surface area contributed by atoms with Crippen molar-refractivity contribution in [2.45, 2.75) is 64.0 Å². The summed E-state index contributed by atoms with van der Waals surface area (Å²) in [6.45, 7) is 6.55. The second kappa shape index (κ2) is 6.32. The Morgan fingerprint density at radius 1 is 1.08 bits per heavy atom. The number of hydrogen-bond acceptors (Lipinski definition) is 3. The molecule has 128 valence electrons. The summed E-state index contributed by atoms with van der Waals surface area (Å²) in [5, 5.41) is 12.9. The topological polar surface area (TPSA) is 42.7 Å². The minimum atomic E-state index is -0.126. The molecule has 0 radical (unpaired) electrons. The molecule has 4 heteroatoms. The van der Waals surface area contributed by atoms with E-state index in [1.165, 1.54) is 37.1 Å². The summed E-state index contributed by atoms with van der Waals surface area (Å²) in [5.41, 5.74) is 1.25. The molecule has 1 N–H and O–H groups in total. The Hall–Kier alpha value is -1.68. The molecule has 0 unspecified atom stereocenters. The van der Waals surface area contributed by atoms with Crippen molar-refractivity contribution >= 4 is 0 Å². The van der Waals surface area contributed by atoms with Crippen molar-refractivity contribution in [1.29, 1.82) is 0 Å². The van der Waals surface area contributed by atoms with Gasteiger partial charge in [0.25, 0.3) is 0 Å². The summed E-state index contributed by atoms with van der Waals surface area (Å²) in [7, 11) is 0. The van der Waals surface area contributed by atoms with Gasteiger partial charge in [0.05, 0.1) is 5.54 Å². The van der Waals surface area contributed by atoms with Gasteiger partial charge in [0.2, 0.25) is 0 Å². The van der Waals surface area contributed by atoms with E-state index in [4.69, 9.17) is 0 Å². The predicted octanol–water partition coefficient (Wildman–Crippen LogP) is 3.63. The Morgan fingerprint density at radius 2 is 1.83 bits per heavy atom. The van der Waals surface area contributed by atoms with Gasteiger partial charge in [0.1, 0.15) is 5.82 Å². The normalized spacial score (nSPS) is 18.1. The lowest BCUT2D eigenvalue weighted by atomic mass is 10.0. The maximum atomic E-state index is 4.61. The molecule has 4 rings (SSSR count). The molecular formula is C20H28N4. The van der Waals surface area contributed by atoms with Crippen LogP contribution in [0, 0.1) is 5.92 Å². The first-order valence-electron chi connectivity index (χ1n) is 9.36. The molecule has 0 atom stereocenters. The summed E-state index contributed by atoms with van der Waals surface area (Å²) in [6.07, 6.45) is 6.30. The highest BCUT2D eigenvalue weighted by Crippen LogP contribution is 2.40. The summed E-state index contributed by atoms with van der Waals surface area (Å²) in [6, 6.07) is 10.7. The van der Waals surface area contributed by atoms with Crippen LogP contribution in [-0.4, -0.2) is 21.3 Å². The van der Waals surface area contributed by atoms with Gasteiger partial charge >= 0.3 is 0 Å². The first-order chi connectivity index (χ1) is 11.6. The second-order valence-electron chi connectivity index (χ2n) is 7.99. The molecule has 0 spiro atoms. The third kappa shape index (κ3) is 3.54. The molecule has 0 bridgehead atoms. The number of nitrogens with one attached hydrogen (secondary N) is 1. The lowest BCUT2D eigenvalue weighted by molar-refractivity contribution is 0.355. The SMILES string of the molecule is CC(C)(NCC1CC1)c1nnc(C2CC2)n1CCc1ccccc1. The number of aryl methyl sites for hydroxylation is 1. The average molecular weight is 324 g/mol. The van der Waals surface area contributed by atoms with E-state index < -0.39 is 0 Å². The average Bonchev–Trinajstić information content (AvgIpc) is 3.50. The number of hydrogen-bond donors (Lipinski definition) is 1. The molecule has 4 nitrogen and oxygen atoms in total. The maximum absolute atomic E-state index is 4.61. The highest BCUT2D eigenvalue weighted by Gasteiger charge is 2.35. The molecule has 24 heavy (non-hydrogen) atoms. The summed E-state index contributed by atoms with van der Waals surface area (Å²) >= 11 is 0. The van der Waals surface area contributed by atoms with Crippen LogP contribution in [0.5, 0.6) is 0 Å². The number of aromatic nitrogens is 3. The zero-order valence-electron chi connectivity index (χ0n) is 14.8. The Morgan fingerprint density at radius 3 is 2.50 bits per heavy atom. The fourth-order valence-corrected chi connectivity index (χ4v) is 3.33. The molecule has 2 aliphatic rings. The Balaban J connectivity index is 1.54. The fourth-order valence-electron chi connectivity index (χ4n) is 3.33. The second-order valence-corrected chi connectivity index (χ2v) is 7.99. The Bertz CT molecular complexity index is 681. The zero-order chi connectivity index (χ0) is 16.6. The van der Waals surface area contributed by atoms with Crippen molar-refractivity contribution in [2.24, 2.45) is 5.92 Å². The monoisotopic (exact) mass is 324 g/mol. The minimum Gasteiger partial charge on any atom is -0.313 e. The van der Waals surface area contributed by atoms with Crippen LogP contribution in [0.3, 0.4) is 0 Å². The quantitative estimate of drug-likeness (QED) is 0.806. The van der Waals surface area contributed by atoms with Crippen LogP contribution in [0.4, 0.5) is 0 Å². The summed E-state index contributed by atoms with van der Waals surface area (Å²) in [4.78, 5) is 0. The van der Waals surface area contributed by atoms with E-state index >= 15 is 0 Å². The van der Waals surface area contributed by atoms with Crippen LogP contribution in [-0.2, 0) is 18.5 Å². The van der Waals surface area contributed by atoms with E-state index in [2.05, 4.69) is 64.3 Å². The van der Waals surface area contributed by atoms with Crippen LogP contribution < -0.4 is 5.32 Å². The molecule has 2 aromatic rings. The van der Waals surface area contributed by atoms with Crippen molar-refractivity contribution in [1.82, 2.24) is 20.1 Å². The Labute approximate surface area is 144 Å². The minimum absolute atomic E-state index is 0.126.